The maximum Gasteiger partial charge on any atom is 0.251 e. The van der Waals surface area contributed by atoms with Crippen molar-refractivity contribution in [2.75, 3.05) is 18.9 Å². The van der Waals surface area contributed by atoms with Gasteiger partial charge < -0.3 is 10.6 Å². The Hall–Kier alpha value is -1.95. The van der Waals surface area contributed by atoms with E-state index in [4.69, 9.17) is 0 Å². The molecule has 0 spiro atoms. The summed E-state index contributed by atoms with van der Waals surface area (Å²) >= 11 is 1.60. The number of hydrogen-bond acceptors (Lipinski definition) is 5. The third kappa shape index (κ3) is 3.51. The fourth-order valence-electron chi connectivity index (χ4n) is 1.62. The molecule has 1 unspecified atom stereocenters. The predicted molar refractivity (Wildman–Crippen MR) is 76.6 cm³/mol. The van der Waals surface area contributed by atoms with Crippen molar-refractivity contribution in [3.8, 4) is 0 Å². The van der Waals surface area contributed by atoms with Gasteiger partial charge in [-0.2, -0.15) is 0 Å². The average Bonchev–Trinajstić information content (AvgIpc) is 2.98. The minimum Gasteiger partial charge on any atom is -0.373 e. The topological polar surface area (TPSA) is 66.9 Å². The molecule has 0 saturated heterocycles. The van der Waals surface area contributed by atoms with Crippen LogP contribution in [0.25, 0.3) is 0 Å². The number of nitrogens with zero attached hydrogens (tertiary/aromatic N) is 2. The van der Waals surface area contributed by atoms with Gasteiger partial charge in [0.2, 0.25) is 0 Å². The first-order valence-corrected chi connectivity index (χ1v) is 6.90. The van der Waals surface area contributed by atoms with Gasteiger partial charge in [0.25, 0.3) is 5.91 Å². The molecule has 1 amide bonds. The van der Waals surface area contributed by atoms with Crippen LogP contribution in [-0.4, -0.2) is 29.5 Å². The number of amides is 1. The van der Waals surface area contributed by atoms with E-state index in [2.05, 4.69) is 20.6 Å². The van der Waals surface area contributed by atoms with E-state index in [-0.39, 0.29) is 11.8 Å². The van der Waals surface area contributed by atoms with Crippen LogP contribution in [0.1, 0.15) is 28.2 Å². The molecule has 0 saturated carbocycles. The Morgan fingerprint density at radius 2 is 2.26 bits per heavy atom. The summed E-state index contributed by atoms with van der Waals surface area (Å²) in [5.74, 6) is 0.803. The van der Waals surface area contributed by atoms with Crippen LogP contribution in [-0.2, 0) is 0 Å². The van der Waals surface area contributed by atoms with Crippen LogP contribution >= 0.6 is 11.3 Å². The summed E-state index contributed by atoms with van der Waals surface area (Å²) in [6.45, 7) is 2.62. The summed E-state index contributed by atoms with van der Waals surface area (Å²) in [7, 11) is 1.77. The van der Waals surface area contributed by atoms with Gasteiger partial charge >= 0.3 is 0 Å². The monoisotopic (exact) mass is 276 g/mol. The number of anilines is 1. The minimum atomic E-state index is -0.0951. The molecule has 0 radical (unpaired) electrons. The molecule has 2 aromatic rings. The fraction of sp³-hybridized carbons (Fsp3) is 0.308. The summed E-state index contributed by atoms with van der Waals surface area (Å²) in [5, 5.41) is 8.79. The van der Waals surface area contributed by atoms with E-state index in [1.807, 2.05) is 12.3 Å². The van der Waals surface area contributed by atoms with Crippen molar-refractivity contribution in [2.24, 2.45) is 0 Å². The fourth-order valence-corrected chi connectivity index (χ4v) is 2.32. The predicted octanol–water partition coefficient (Wildman–Crippen LogP) is 2.11. The second-order valence-electron chi connectivity index (χ2n) is 4.16. The molecule has 2 rings (SSSR count). The normalized spacial score (nSPS) is 11.9. The van der Waals surface area contributed by atoms with Gasteiger partial charge in [0.05, 0.1) is 5.01 Å². The van der Waals surface area contributed by atoms with Crippen molar-refractivity contribution in [1.82, 2.24) is 15.3 Å². The molecule has 2 aromatic heterocycles. The van der Waals surface area contributed by atoms with E-state index >= 15 is 0 Å². The minimum absolute atomic E-state index is 0.0951. The molecule has 0 aliphatic rings. The van der Waals surface area contributed by atoms with Crippen molar-refractivity contribution in [1.29, 1.82) is 0 Å². The third-order valence-corrected chi connectivity index (χ3v) is 3.73. The second kappa shape index (κ2) is 6.29. The number of rotatable bonds is 5. The molecule has 0 bridgehead atoms. The molecule has 100 valence electrons. The van der Waals surface area contributed by atoms with Gasteiger partial charge in [0.1, 0.15) is 5.82 Å². The Kier molecular flexibility index (Phi) is 4.46. The lowest BCUT2D eigenvalue weighted by atomic mass is 10.2. The van der Waals surface area contributed by atoms with Crippen molar-refractivity contribution >= 4 is 23.1 Å². The average molecular weight is 276 g/mol. The number of pyridine rings is 1. The molecule has 0 fully saturated rings. The zero-order valence-electron chi connectivity index (χ0n) is 10.9. The smallest absolute Gasteiger partial charge is 0.251 e. The number of carbonyl (C=O) groups excluding carboxylic acids is 1. The lowest BCUT2D eigenvalue weighted by Gasteiger charge is -2.10. The summed E-state index contributed by atoms with van der Waals surface area (Å²) in [5.41, 5.74) is 0.602. The summed E-state index contributed by atoms with van der Waals surface area (Å²) in [6.07, 6.45) is 3.39. The number of aromatic nitrogens is 2. The van der Waals surface area contributed by atoms with E-state index in [0.29, 0.717) is 17.9 Å². The van der Waals surface area contributed by atoms with Crippen molar-refractivity contribution in [2.45, 2.75) is 12.8 Å². The van der Waals surface area contributed by atoms with E-state index in [0.717, 1.165) is 5.01 Å². The first-order chi connectivity index (χ1) is 9.20. The standard InChI is InChI=1S/C13H16N4OS/c1-9(13-16-5-6-19-13)8-17-12(18)10-3-4-15-11(7-10)14-2/h3-7,9H,8H2,1-2H3,(H,14,15)(H,17,18). The van der Waals surface area contributed by atoms with Gasteiger partial charge in [0.15, 0.2) is 0 Å². The Bertz CT molecular complexity index is 541. The molecular formula is C13H16N4OS. The lowest BCUT2D eigenvalue weighted by Crippen LogP contribution is -2.27. The molecule has 2 heterocycles. The molecule has 19 heavy (non-hydrogen) atoms. The van der Waals surface area contributed by atoms with Crippen LogP contribution in [0, 0.1) is 0 Å². The summed E-state index contributed by atoms with van der Waals surface area (Å²) < 4.78 is 0. The highest BCUT2D eigenvalue weighted by molar-refractivity contribution is 7.09. The number of nitrogens with one attached hydrogen (secondary N) is 2. The van der Waals surface area contributed by atoms with Crippen LogP contribution in [0.3, 0.4) is 0 Å². The van der Waals surface area contributed by atoms with Gasteiger partial charge in [-0.3, -0.25) is 4.79 Å². The van der Waals surface area contributed by atoms with Crippen molar-refractivity contribution in [3.63, 3.8) is 0 Å². The van der Waals surface area contributed by atoms with Gasteiger partial charge in [-0.05, 0) is 12.1 Å². The highest BCUT2D eigenvalue weighted by atomic mass is 32.1. The largest absolute Gasteiger partial charge is 0.373 e. The van der Waals surface area contributed by atoms with E-state index in [1.54, 1.807) is 42.9 Å². The molecule has 0 aliphatic carbocycles. The first kappa shape index (κ1) is 13.5. The first-order valence-electron chi connectivity index (χ1n) is 6.02. The molecular weight excluding hydrogens is 260 g/mol. The van der Waals surface area contributed by atoms with Crippen LogP contribution in [0.2, 0.25) is 0 Å². The molecule has 2 N–H and O–H groups in total. The maximum absolute atomic E-state index is 12.0. The Labute approximate surface area is 116 Å². The Balaban J connectivity index is 1.94. The molecule has 6 heteroatoms. The Morgan fingerprint density at radius 3 is 2.95 bits per heavy atom. The highest BCUT2D eigenvalue weighted by Gasteiger charge is 2.11. The van der Waals surface area contributed by atoms with E-state index in [1.165, 1.54) is 0 Å². The molecule has 0 aromatic carbocycles. The van der Waals surface area contributed by atoms with Crippen molar-refractivity contribution < 1.29 is 4.79 Å². The molecule has 0 aliphatic heterocycles. The maximum atomic E-state index is 12.0. The third-order valence-electron chi connectivity index (χ3n) is 2.72. The zero-order chi connectivity index (χ0) is 13.7. The van der Waals surface area contributed by atoms with Crippen LogP contribution < -0.4 is 10.6 Å². The Morgan fingerprint density at radius 1 is 1.42 bits per heavy atom. The van der Waals surface area contributed by atoms with Crippen LogP contribution in [0.5, 0.6) is 0 Å². The van der Waals surface area contributed by atoms with E-state index < -0.39 is 0 Å². The van der Waals surface area contributed by atoms with Gasteiger partial charge in [-0.25, -0.2) is 9.97 Å². The lowest BCUT2D eigenvalue weighted by molar-refractivity contribution is 0.0951. The number of hydrogen-bond donors (Lipinski definition) is 2. The van der Waals surface area contributed by atoms with Crippen LogP contribution in [0.15, 0.2) is 29.9 Å². The van der Waals surface area contributed by atoms with E-state index in [9.17, 15) is 4.79 Å². The molecule has 5 nitrogen and oxygen atoms in total. The quantitative estimate of drug-likeness (QED) is 0.877. The second-order valence-corrected chi connectivity index (χ2v) is 5.09. The van der Waals surface area contributed by atoms with Gasteiger partial charge in [-0.15, -0.1) is 11.3 Å². The number of thiazole rings is 1. The highest BCUT2D eigenvalue weighted by Crippen LogP contribution is 2.16. The SMILES string of the molecule is CNc1cc(C(=O)NCC(C)c2nccs2)ccn1. The van der Waals surface area contributed by atoms with Gasteiger partial charge in [-0.1, -0.05) is 6.92 Å². The number of carbonyl (C=O) groups is 1. The van der Waals surface area contributed by atoms with Crippen molar-refractivity contribution in [3.05, 3.63) is 40.5 Å². The zero-order valence-corrected chi connectivity index (χ0v) is 11.7. The summed E-state index contributed by atoms with van der Waals surface area (Å²) in [6, 6.07) is 3.42. The van der Waals surface area contributed by atoms with Crippen LogP contribution in [0.4, 0.5) is 5.82 Å². The summed E-state index contributed by atoms with van der Waals surface area (Å²) in [4.78, 5) is 20.3. The van der Waals surface area contributed by atoms with Gasteiger partial charge in [0, 0.05) is 42.8 Å². The molecule has 1 atom stereocenters.